The van der Waals surface area contributed by atoms with Crippen LogP contribution in [0.5, 0.6) is 0 Å². The molecule has 0 bridgehead atoms. The zero-order valence-corrected chi connectivity index (χ0v) is 11.0. The Morgan fingerprint density at radius 1 is 1.47 bits per heavy atom. The average molecular weight is 299 g/mol. The highest BCUT2D eigenvalue weighted by Gasteiger charge is 2.28. The van der Waals surface area contributed by atoms with Crippen LogP contribution in [0.4, 0.5) is 10.5 Å². The zero-order valence-electron chi connectivity index (χ0n) is 9.43. The van der Waals surface area contributed by atoms with E-state index in [4.69, 9.17) is 10.5 Å². The summed E-state index contributed by atoms with van der Waals surface area (Å²) < 4.78 is 6.07. The summed E-state index contributed by atoms with van der Waals surface area (Å²) in [6.07, 6.45) is 0.582. The fourth-order valence-corrected chi connectivity index (χ4v) is 2.43. The van der Waals surface area contributed by atoms with Crippen molar-refractivity contribution in [2.45, 2.75) is 6.42 Å². The lowest BCUT2D eigenvalue weighted by atomic mass is 10.0. The summed E-state index contributed by atoms with van der Waals surface area (Å²) in [7, 11) is 0. The minimum Gasteiger partial charge on any atom is -0.449 e. The summed E-state index contributed by atoms with van der Waals surface area (Å²) in [6, 6.07) is 7.63. The second kappa shape index (κ2) is 5.51. The first-order chi connectivity index (χ1) is 8.22. The van der Waals surface area contributed by atoms with E-state index in [0.717, 1.165) is 16.6 Å². The first kappa shape index (κ1) is 12.4. The molecule has 1 aromatic rings. The molecule has 1 aliphatic rings. The van der Waals surface area contributed by atoms with Gasteiger partial charge >= 0.3 is 6.09 Å². The lowest BCUT2D eigenvalue weighted by Crippen LogP contribution is -2.43. The highest BCUT2D eigenvalue weighted by atomic mass is 79.9. The molecule has 0 aliphatic carbocycles. The fourth-order valence-electron chi connectivity index (χ4n) is 1.93. The third-order valence-corrected chi connectivity index (χ3v) is 3.49. The normalized spacial score (nSPS) is 20.2. The van der Waals surface area contributed by atoms with Gasteiger partial charge in [-0.25, -0.2) is 4.79 Å². The monoisotopic (exact) mass is 298 g/mol. The Balaban J connectivity index is 2.18. The number of para-hydroxylation sites is 1. The Hall–Kier alpha value is -1.07. The van der Waals surface area contributed by atoms with Crippen LogP contribution in [0, 0.1) is 5.92 Å². The van der Waals surface area contributed by atoms with E-state index in [1.807, 2.05) is 24.3 Å². The van der Waals surface area contributed by atoms with Crippen molar-refractivity contribution in [3.05, 3.63) is 28.7 Å². The molecule has 5 heteroatoms. The van der Waals surface area contributed by atoms with Crippen LogP contribution in [-0.4, -0.2) is 25.8 Å². The Bertz CT molecular complexity index is 411. The van der Waals surface area contributed by atoms with Crippen molar-refractivity contribution in [2.24, 2.45) is 11.7 Å². The molecule has 0 spiro atoms. The van der Waals surface area contributed by atoms with Gasteiger partial charge in [0.15, 0.2) is 0 Å². The summed E-state index contributed by atoms with van der Waals surface area (Å²) in [5.41, 5.74) is 6.39. The van der Waals surface area contributed by atoms with Crippen LogP contribution < -0.4 is 10.6 Å². The second-order valence-corrected chi connectivity index (χ2v) is 4.94. The third-order valence-electron chi connectivity index (χ3n) is 2.82. The summed E-state index contributed by atoms with van der Waals surface area (Å²) in [5.74, 6) is 0.310. The highest BCUT2D eigenvalue weighted by molar-refractivity contribution is 9.10. The number of cyclic esters (lactones) is 1. The van der Waals surface area contributed by atoms with Crippen LogP contribution in [-0.2, 0) is 4.74 Å². The van der Waals surface area contributed by atoms with Crippen LogP contribution >= 0.6 is 15.9 Å². The standard InChI is InChI=1S/C12H15BrN2O2/c13-10-3-1-2-4-11(10)15-7-9(5-6-14)8-17-12(15)16/h1-4,9H,5-8,14H2. The number of carbonyl (C=O) groups is 1. The molecule has 4 nitrogen and oxygen atoms in total. The molecule has 17 heavy (non-hydrogen) atoms. The largest absolute Gasteiger partial charge is 0.449 e. The van der Waals surface area contributed by atoms with Crippen LogP contribution in [0.1, 0.15) is 6.42 Å². The van der Waals surface area contributed by atoms with Crippen molar-refractivity contribution in [3.8, 4) is 0 Å². The van der Waals surface area contributed by atoms with Crippen molar-refractivity contribution in [1.82, 2.24) is 0 Å². The Labute approximate surface area is 109 Å². The van der Waals surface area contributed by atoms with Crippen LogP contribution in [0.15, 0.2) is 28.7 Å². The molecule has 0 radical (unpaired) electrons. The molecular formula is C12H15BrN2O2. The second-order valence-electron chi connectivity index (χ2n) is 4.08. The zero-order chi connectivity index (χ0) is 12.3. The van der Waals surface area contributed by atoms with Crippen LogP contribution in [0.2, 0.25) is 0 Å². The SMILES string of the molecule is NCCC1COC(=O)N(c2ccccc2Br)C1. The molecule has 1 saturated heterocycles. The van der Waals surface area contributed by atoms with Gasteiger partial charge in [-0.1, -0.05) is 12.1 Å². The van der Waals surface area contributed by atoms with Gasteiger partial charge in [0.05, 0.1) is 12.3 Å². The smallest absolute Gasteiger partial charge is 0.414 e. The molecule has 1 atom stereocenters. The van der Waals surface area contributed by atoms with Gasteiger partial charge in [0.2, 0.25) is 0 Å². The summed E-state index contributed by atoms with van der Waals surface area (Å²) in [5, 5.41) is 0. The molecule has 92 valence electrons. The van der Waals surface area contributed by atoms with E-state index >= 15 is 0 Å². The number of halogens is 1. The molecule has 1 aromatic carbocycles. The maximum atomic E-state index is 11.7. The molecule has 2 N–H and O–H groups in total. The molecule has 1 heterocycles. The number of benzene rings is 1. The molecular weight excluding hydrogens is 284 g/mol. The van der Waals surface area contributed by atoms with Gasteiger partial charge in [0, 0.05) is 16.9 Å². The van der Waals surface area contributed by atoms with E-state index in [0.29, 0.717) is 25.6 Å². The summed E-state index contributed by atoms with van der Waals surface area (Å²) in [6.45, 7) is 1.75. The van der Waals surface area contributed by atoms with Crippen molar-refractivity contribution in [3.63, 3.8) is 0 Å². The van der Waals surface area contributed by atoms with Gasteiger partial charge < -0.3 is 10.5 Å². The maximum Gasteiger partial charge on any atom is 0.414 e. The van der Waals surface area contributed by atoms with E-state index in [1.165, 1.54) is 0 Å². The molecule has 1 amide bonds. The predicted octanol–water partition coefficient (Wildman–Crippen LogP) is 2.37. The van der Waals surface area contributed by atoms with Crippen LogP contribution in [0.3, 0.4) is 0 Å². The number of anilines is 1. The van der Waals surface area contributed by atoms with Gasteiger partial charge in [0.25, 0.3) is 0 Å². The Morgan fingerprint density at radius 2 is 2.24 bits per heavy atom. The fraction of sp³-hybridized carbons (Fsp3) is 0.417. The molecule has 0 aromatic heterocycles. The number of nitrogens with two attached hydrogens (primary N) is 1. The van der Waals surface area contributed by atoms with E-state index in [-0.39, 0.29) is 6.09 Å². The number of rotatable bonds is 3. The van der Waals surface area contributed by atoms with Gasteiger partial charge in [0.1, 0.15) is 0 Å². The predicted molar refractivity (Wildman–Crippen MR) is 70.0 cm³/mol. The summed E-state index contributed by atoms with van der Waals surface area (Å²) >= 11 is 3.44. The van der Waals surface area contributed by atoms with Crippen molar-refractivity contribution in [2.75, 3.05) is 24.6 Å². The Morgan fingerprint density at radius 3 is 2.94 bits per heavy atom. The number of ether oxygens (including phenoxy) is 1. The average Bonchev–Trinajstić information content (AvgIpc) is 2.33. The lowest BCUT2D eigenvalue weighted by molar-refractivity contribution is 0.113. The van der Waals surface area contributed by atoms with E-state index in [2.05, 4.69) is 15.9 Å². The topological polar surface area (TPSA) is 55.6 Å². The van der Waals surface area contributed by atoms with Gasteiger partial charge in [-0.2, -0.15) is 0 Å². The highest BCUT2D eigenvalue weighted by Crippen LogP contribution is 2.29. The minimum absolute atomic E-state index is 0.287. The van der Waals surface area contributed by atoms with Crippen LogP contribution in [0.25, 0.3) is 0 Å². The van der Waals surface area contributed by atoms with Gasteiger partial charge in [-0.3, -0.25) is 4.90 Å². The number of hydrogen-bond acceptors (Lipinski definition) is 3. The van der Waals surface area contributed by atoms with Gasteiger partial charge in [-0.15, -0.1) is 0 Å². The first-order valence-electron chi connectivity index (χ1n) is 5.61. The third kappa shape index (κ3) is 2.79. The molecule has 1 aliphatic heterocycles. The van der Waals surface area contributed by atoms with E-state index in [1.54, 1.807) is 4.90 Å². The quantitative estimate of drug-likeness (QED) is 0.932. The first-order valence-corrected chi connectivity index (χ1v) is 6.40. The number of nitrogens with zero attached hydrogens (tertiary/aromatic N) is 1. The lowest BCUT2D eigenvalue weighted by Gasteiger charge is -2.32. The molecule has 2 rings (SSSR count). The molecule has 0 saturated carbocycles. The maximum absolute atomic E-state index is 11.7. The van der Waals surface area contributed by atoms with E-state index < -0.39 is 0 Å². The van der Waals surface area contributed by atoms with Crippen molar-refractivity contribution in [1.29, 1.82) is 0 Å². The number of carbonyl (C=O) groups excluding carboxylic acids is 1. The number of hydrogen-bond donors (Lipinski definition) is 1. The minimum atomic E-state index is -0.287. The van der Waals surface area contributed by atoms with E-state index in [9.17, 15) is 4.79 Å². The van der Waals surface area contributed by atoms with Gasteiger partial charge in [-0.05, 0) is 41.0 Å². The summed E-state index contributed by atoms with van der Waals surface area (Å²) in [4.78, 5) is 13.4. The van der Waals surface area contributed by atoms with Crippen molar-refractivity contribution >= 4 is 27.7 Å². The Kier molecular flexibility index (Phi) is 4.02. The molecule has 1 unspecified atom stereocenters. The van der Waals surface area contributed by atoms with Crippen molar-refractivity contribution < 1.29 is 9.53 Å². The number of amides is 1. The molecule has 1 fully saturated rings.